The molecule has 1 aromatic heterocycles. The summed E-state index contributed by atoms with van der Waals surface area (Å²) in [5, 5.41) is 0. The number of sulfonamides is 1. The van der Waals surface area contributed by atoms with Gasteiger partial charge in [0.1, 0.15) is 5.60 Å². The number of rotatable bonds is 7. The Morgan fingerprint density at radius 1 is 1.10 bits per heavy atom. The van der Waals surface area contributed by atoms with E-state index in [1.54, 1.807) is 22.8 Å². The van der Waals surface area contributed by atoms with Crippen LogP contribution in [0.5, 0.6) is 11.5 Å². The number of nitrogens with zero attached hydrogens (tertiary/aromatic N) is 4. The molecule has 30 heavy (non-hydrogen) atoms. The molecule has 0 saturated carbocycles. The largest absolute Gasteiger partial charge is 0.490 e. The number of aromatic nitrogens is 2. The molecule has 2 aromatic rings. The Morgan fingerprint density at radius 2 is 1.83 bits per heavy atom. The number of piperazine rings is 1. The molecule has 0 bridgehead atoms. The van der Waals surface area contributed by atoms with E-state index in [4.69, 9.17) is 9.47 Å². The van der Waals surface area contributed by atoms with Crippen LogP contribution in [0.15, 0.2) is 36.7 Å². The molecule has 0 N–H and O–H groups in total. The maximum Gasteiger partial charge on any atom is 0.225 e. The zero-order chi connectivity index (χ0) is 21.2. The number of anilines is 1. The molecule has 9 heteroatoms. The van der Waals surface area contributed by atoms with E-state index in [9.17, 15) is 8.42 Å². The van der Waals surface area contributed by atoms with E-state index in [0.717, 1.165) is 17.7 Å². The molecule has 1 fully saturated rings. The molecule has 0 atom stereocenters. The highest BCUT2D eigenvalue weighted by atomic mass is 32.2. The molecule has 0 spiro atoms. The van der Waals surface area contributed by atoms with Gasteiger partial charge < -0.3 is 14.4 Å². The Hall–Kier alpha value is -2.39. The summed E-state index contributed by atoms with van der Waals surface area (Å²) in [5.74, 6) is 2.18. The van der Waals surface area contributed by atoms with Crippen LogP contribution in [0, 0.1) is 0 Å². The van der Waals surface area contributed by atoms with E-state index in [-0.39, 0.29) is 11.4 Å². The van der Waals surface area contributed by atoms with Crippen molar-refractivity contribution in [3.63, 3.8) is 0 Å². The maximum atomic E-state index is 12.7. The molecule has 0 unspecified atom stereocenters. The predicted molar refractivity (Wildman–Crippen MR) is 115 cm³/mol. The molecule has 0 radical (unpaired) electrons. The van der Waals surface area contributed by atoms with Crippen LogP contribution in [0.25, 0.3) is 0 Å². The molecular formula is C21H28N4O4S. The molecular weight excluding hydrogens is 404 g/mol. The highest BCUT2D eigenvalue weighted by Gasteiger charge is 2.32. The summed E-state index contributed by atoms with van der Waals surface area (Å²) >= 11 is 0. The van der Waals surface area contributed by atoms with Crippen molar-refractivity contribution in [2.24, 2.45) is 0 Å². The van der Waals surface area contributed by atoms with E-state index in [1.165, 1.54) is 0 Å². The SMILES string of the molecule is CC1(C)Cc2cccc(OCCCS(=O)(=O)N3CCN(c4ncccn4)CC3)c2O1. The van der Waals surface area contributed by atoms with Crippen LogP contribution >= 0.6 is 0 Å². The van der Waals surface area contributed by atoms with Gasteiger partial charge in [-0.15, -0.1) is 0 Å². The lowest BCUT2D eigenvalue weighted by Gasteiger charge is -2.33. The summed E-state index contributed by atoms with van der Waals surface area (Å²) in [6.07, 6.45) is 4.66. The van der Waals surface area contributed by atoms with Crippen molar-refractivity contribution in [1.82, 2.24) is 14.3 Å². The Kier molecular flexibility index (Phi) is 5.84. The molecule has 2 aliphatic heterocycles. The molecule has 4 rings (SSSR count). The van der Waals surface area contributed by atoms with Crippen LogP contribution in [-0.2, 0) is 16.4 Å². The van der Waals surface area contributed by atoms with Gasteiger partial charge >= 0.3 is 0 Å². The lowest BCUT2D eigenvalue weighted by atomic mass is 10.0. The number of ether oxygens (including phenoxy) is 2. The van der Waals surface area contributed by atoms with Crippen molar-refractivity contribution in [2.75, 3.05) is 43.4 Å². The second-order valence-corrected chi connectivity index (χ2v) is 10.3. The minimum Gasteiger partial charge on any atom is -0.490 e. The molecule has 3 heterocycles. The first-order valence-corrected chi connectivity index (χ1v) is 11.9. The number of para-hydroxylation sites is 1. The molecule has 1 aromatic carbocycles. The fraction of sp³-hybridized carbons (Fsp3) is 0.524. The van der Waals surface area contributed by atoms with Crippen LogP contribution in [0.1, 0.15) is 25.8 Å². The Bertz CT molecular complexity index is 974. The fourth-order valence-electron chi connectivity index (χ4n) is 3.87. The summed E-state index contributed by atoms with van der Waals surface area (Å²) in [5.41, 5.74) is 0.892. The third kappa shape index (κ3) is 4.67. The third-order valence-corrected chi connectivity index (χ3v) is 7.28. The minimum atomic E-state index is -3.32. The van der Waals surface area contributed by atoms with Crippen molar-refractivity contribution in [3.8, 4) is 11.5 Å². The van der Waals surface area contributed by atoms with E-state index in [1.807, 2.05) is 36.9 Å². The first-order valence-electron chi connectivity index (χ1n) is 10.3. The van der Waals surface area contributed by atoms with E-state index in [0.29, 0.717) is 50.9 Å². The van der Waals surface area contributed by atoms with Crippen LogP contribution in [0.4, 0.5) is 5.95 Å². The van der Waals surface area contributed by atoms with Gasteiger partial charge in [0.05, 0.1) is 12.4 Å². The quantitative estimate of drug-likeness (QED) is 0.620. The summed E-state index contributed by atoms with van der Waals surface area (Å²) in [6.45, 7) is 6.48. The smallest absolute Gasteiger partial charge is 0.225 e. The Balaban J connectivity index is 1.26. The van der Waals surface area contributed by atoms with Gasteiger partial charge in [-0.05, 0) is 32.4 Å². The van der Waals surface area contributed by atoms with Gasteiger partial charge in [0, 0.05) is 50.6 Å². The van der Waals surface area contributed by atoms with Gasteiger partial charge in [-0.2, -0.15) is 4.31 Å². The molecule has 8 nitrogen and oxygen atoms in total. The topological polar surface area (TPSA) is 84.9 Å². The summed E-state index contributed by atoms with van der Waals surface area (Å²) < 4.78 is 38.8. The summed E-state index contributed by atoms with van der Waals surface area (Å²) in [7, 11) is -3.32. The van der Waals surface area contributed by atoms with Crippen molar-refractivity contribution < 1.29 is 17.9 Å². The van der Waals surface area contributed by atoms with Crippen LogP contribution in [-0.4, -0.2) is 66.8 Å². The number of hydrogen-bond donors (Lipinski definition) is 0. The fourth-order valence-corrected chi connectivity index (χ4v) is 5.33. The van der Waals surface area contributed by atoms with Gasteiger partial charge in [0.2, 0.25) is 16.0 Å². The summed E-state index contributed by atoms with van der Waals surface area (Å²) in [4.78, 5) is 10.5. The van der Waals surface area contributed by atoms with Crippen LogP contribution in [0.2, 0.25) is 0 Å². The average Bonchev–Trinajstić information content (AvgIpc) is 3.06. The standard InChI is InChI=1S/C21H28N4O4S/c1-21(2)16-17-6-3-7-18(19(17)29-21)28-14-5-15-30(26,27)25-12-10-24(11-13-25)20-22-8-4-9-23-20/h3-4,6-9H,5,10-16H2,1-2H3. The Morgan fingerprint density at radius 3 is 2.57 bits per heavy atom. The predicted octanol–water partition coefficient (Wildman–Crippen LogP) is 2.11. The lowest BCUT2D eigenvalue weighted by Crippen LogP contribution is -2.49. The molecule has 2 aliphatic rings. The third-order valence-electron chi connectivity index (χ3n) is 5.33. The van der Waals surface area contributed by atoms with Crippen LogP contribution < -0.4 is 14.4 Å². The van der Waals surface area contributed by atoms with Crippen LogP contribution in [0.3, 0.4) is 0 Å². The normalized spacial score (nSPS) is 18.7. The molecule has 0 amide bonds. The second kappa shape index (κ2) is 8.39. The first kappa shape index (κ1) is 20.9. The van der Waals surface area contributed by atoms with E-state index < -0.39 is 10.0 Å². The first-order chi connectivity index (χ1) is 14.3. The minimum absolute atomic E-state index is 0.0657. The van der Waals surface area contributed by atoms with Gasteiger partial charge in [-0.1, -0.05) is 12.1 Å². The highest BCUT2D eigenvalue weighted by molar-refractivity contribution is 7.89. The highest BCUT2D eigenvalue weighted by Crippen LogP contribution is 2.41. The van der Waals surface area contributed by atoms with Gasteiger partial charge in [-0.25, -0.2) is 18.4 Å². The Labute approximate surface area is 177 Å². The zero-order valence-electron chi connectivity index (χ0n) is 17.5. The monoisotopic (exact) mass is 432 g/mol. The van der Waals surface area contributed by atoms with Gasteiger partial charge in [-0.3, -0.25) is 0 Å². The second-order valence-electron chi connectivity index (χ2n) is 8.24. The molecule has 0 aliphatic carbocycles. The number of benzene rings is 1. The van der Waals surface area contributed by atoms with Gasteiger partial charge in [0.25, 0.3) is 0 Å². The number of fused-ring (bicyclic) bond motifs is 1. The van der Waals surface area contributed by atoms with E-state index >= 15 is 0 Å². The maximum absolute atomic E-state index is 12.7. The van der Waals surface area contributed by atoms with Crippen molar-refractivity contribution in [3.05, 3.63) is 42.2 Å². The lowest BCUT2D eigenvalue weighted by molar-refractivity contribution is 0.132. The van der Waals surface area contributed by atoms with Crippen molar-refractivity contribution in [2.45, 2.75) is 32.3 Å². The van der Waals surface area contributed by atoms with E-state index in [2.05, 4.69) is 9.97 Å². The van der Waals surface area contributed by atoms with Crippen molar-refractivity contribution >= 4 is 16.0 Å². The average molecular weight is 433 g/mol. The zero-order valence-corrected chi connectivity index (χ0v) is 18.3. The molecule has 162 valence electrons. The molecule has 1 saturated heterocycles. The van der Waals surface area contributed by atoms with Gasteiger partial charge in [0.15, 0.2) is 11.5 Å². The summed E-state index contributed by atoms with van der Waals surface area (Å²) in [6, 6.07) is 7.63. The number of hydrogen-bond acceptors (Lipinski definition) is 7. The van der Waals surface area contributed by atoms with Crippen molar-refractivity contribution in [1.29, 1.82) is 0 Å².